The van der Waals surface area contributed by atoms with Crippen LogP contribution in [0.4, 0.5) is 0 Å². The van der Waals surface area contributed by atoms with E-state index in [1.807, 2.05) is 0 Å². The minimum atomic E-state index is -3.52. The van der Waals surface area contributed by atoms with E-state index in [9.17, 15) is 18.0 Å². The van der Waals surface area contributed by atoms with Crippen molar-refractivity contribution in [1.29, 1.82) is 0 Å². The Hall–Kier alpha value is -1.45. The number of hydrogen-bond acceptors (Lipinski definition) is 5. The number of amides is 2. The summed E-state index contributed by atoms with van der Waals surface area (Å²) in [5.74, 6) is -0.785. The van der Waals surface area contributed by atoms with Gasteiger partial charge in [-0.3, -0.25) is 9.59 Å². The van der Waals surface area contributed by atoms with Crippen LogP contribution in [0.5, 0.6) is 0 Å². The number of primary amides is 1. The molecule has 0 spiro atoms. The summed E-state index contributed by atoms with van der Waals surface area (Å²) >= 11 is 1.20. The maximum absolute atomic E-state index is 12.8. The number of carbonyl (C=O) groups excluding carboxylic acids is 2. The van der Waals surface area contributed by atoms with Crippen LogP contribution in [-0.4, -0.2) is 55.6 Å². The number of sulfonamides is 1. The highest BCUT2D eigenvalue weighted by molar-refractivity contribution is 7.91. The molecule has 2 fully saturated rings. The summed E-state index contributed by atoms with van der Waals surface area (Å²) in [5, 5.41) is 1.74. The lowest BCUT2D eigenvalue weighted by Crippen LogP contribution is -2.49. The third-order valence-electron chi connectivity index (χ3n) is 5.03. The minimum Gasteiger partial charge on any atom is -0.369 e. The van der Waals surface area contributed by atoms with Gasteiger partial charge in [0.1, 0.15) is 4.21 Å². The second kappa shape index (κ2) is 7.43. The molecule has 0 radical (unpaired) electrons. The van der Waals surface area contributed by atoms with Gasteiger partial charge in [-0.2, -0.15) is 4.31 Å². The summed E-state index contributed by atoms with van der Waals surface area (Å²) in [4.78, 5) is 25.8. The Morgan fingerprint density at radius 2 is 1.84 bits per heavy atom. The standard InChI is InChI=1S/C16H23N3O4S2/c17-15(20)12-5-8-18(9-6-12)16(21)13-3-1-7-19(11-13)25(22,23)14-4-2-10-24-14/h2,4,10,12-13H,1,3,5-9,11H2,(H2,17,20). The van der Waals surface area contributed by atoms with Crippen molar-refractivity contribution < 1.29 is 18.0 Å². The summed E-state index contributed by atoms with van der Waals surface area (Å²) in [6.45, 7) is 1.71. The maximum Gasteiger partial charge on any atom is 0.252 e. The summed E-state index contributed by atoms with van der Waals surface area (Å²) < 4.78 is 27.1. The molecule has 2 amide bonds. The smallest absolute Gasteiger partial charge is 0.252 e. The zero-order valence-electron chi connectivity index (χ0n) is 14.0. The molecule has 2 N–H and O–H groups in total. The average Bonchev–Trinajstić information content (AvgIpc) is 3.17. The number of carbonyl (C=O) groups is 2. The number of thiophene rings is 1. The van der Waals surface area contributed by atoms with Gasteiger partial charge >= 0.3 is 0 Å². The first-order valence-corrected chi connectivity index (χ1v) is 10.8. The highest BCUT2D eigenvalue weighted by Gasteiger charge is 2.36. The SMILES string of the molecule is NC(=O)C1CCN(C(=O)C2CCCN(S(=O)(=O)c3cccs3)C2)CC1. The second-order valence-corrected chi connectivity index (χ2v) is 9.75. The Labute approximate surface area is 151 Å². The zero-order chi connectivity index (χ0) is 18.0. The summed E-state index contributed by atoms with van der Waals surface area (Å²) in [5.41, 5.74) is 5.33. The molecule has 2 aliphatic heterocycles. The molecule has 2 saturated heterocycles. The van der Waals surface area contributed by atoms with Crippen molar-refractivity contribution >= 4 is 33.2 Å². The van der Waals surface area contributed by atoms with Crippen LogP contribution in [0.2, 0.25) is 0 Å². The lowest BCUT2D eigenvalue weighted by molar-refractivity contribution is -0.139. The number of rotatable bonds is 4. The van der Waals surface area contributed by atoms with Gasteiger partial charge in [0, 0.05) is 32.1 Å². The van der Waals surface area contributed by atoms with Crippen LogP contribution in [0.1, 0.15) is 25.7 Å². The van der Waals surface area contributed by atoms with Crippen LogP contribution < -0.4 is 5.73 Å². The highest BCUT2D eigenvalue weighted by Crippen LogP contribution is 2.28. The molecule has 7 nitrogen and oxygen atoms in total. The number of likely N-dealkylation sites (tertiary alicyclic amines) is 1. The topological polar surface area (TPSA) is 101 Å². The van der Waals surface area contributed by atoms with E-state index >= 15 is 0 Å². The van der Waals surface area contributed by atoms with Crippen LogP contribution in [0, 0.1) is 11.8 Å². The fourth-order valence-corrected chi connectivity index (χ4v) is 6.21. The number of nitrogens with zero attached hydrogens (tertiary/aromatic N) is 2. The molecule has 1 aromatic rings. The molecule has 0 aliphatic carbocycles. The first-order chi connectivity index (χ1) is 11.9. The third-order valence-corrected chi connectivity index (χ3v) is 8.27. The molecule has 0 saturated carbocycles. The van der Waals surface area contributed by atoms with Crippen LogP contribution in [0.15, 0.2) is 21.7 Å². The van der Waals surface area contributed by atoms with Crippen LogP contribution in [-0.2, 0) is 19.6 Å². The van der Waals surface area contributed by atoms with E-state index in [-0.39, 0.29) is 30.2 Å². The van der Waals surface area contributed by atoms with Crippen molar-refractivity contribution in [3.8, 4) is 0 Å². The molecule has 0 bridgehead atoms. The number of hydrogen-bond donors (Lipinski definition) is 1. The van der Waals surface area contributed by atoms with E-state index in [1.54, 1.807) is 22.4 Å². The van der Waals surface area contributed by atoms with Crippen molar-refractivity contribution in [1.82, 2.24) is 9.21 Å². The van der Waals surface area contributed by atoms with Gasteiger partial charge in [0.2, 0.25) is 11.8 Å². The minimum absolute atomic E-state index is 0.00556. The van der Waals surface area contributed by atoms with Gasteiger partial charge in [0.25, 0.3) is 10.0 Å². The quantitative estimate of drug-likeness (QED) is 0.831. The predicted octanol–water partition coefficient (Wildman–Crippen LogP) is 0.873. The van der Waals surface area contributed by atoms with E-state index in [0.29, 0.717) is 49.5 Å². The van der Waals surface area contributed by atoms with Crippen molar-refractivity contribution in [2.24, 2.45) is 17.6 Å². The molecule has 3 rings (SSSR count). The fraction of sp³-hybridized carbons (Fsp3) is 0.625. The Kier molecular flexibility index (Phi) is 5.45. The monoisotopic (exact) mass is 385 g/mol. The third kappa shape index (κ3) is 3.88. The Morgan fingerprint density at radius 3 is 2.44 bits per heavy atom. The van der Waals surface area contributed by atoms with Crippen molar-refractivity contribution in [3.63, 3.8) is 0 Å². The highest BCUT2D eigenvalue weighted by atomic mass is 32.2. The van der Waals surface area contributed by atoms with E-state index < -0.39 is 10.0 Å². The maximum atomic E-state index is 12.8. The second-order valence-electron chi connectivity index (χ2n) is 6.64. The predicted molar refractivity (Wildman–Crippen MR) is 94.3 cm³/mol. The number of piperidine rings is 2. The van der Waals surface area contributed by atoms with E-state index in [4.69, 9.17) is 5.73 Å². The molecular weight excluding hydrogens is 362 g/mol. The lowest BCUT2D eigenvalue weighted by atomic mass is 9.93. The van der Waals surface area contributed by atoms with E-state index in [0.717, 1.165) is 0 Å². The molecule has 2 aliphatic rings. The van der Waals surface area contributed by atoms with Gasteiger partial charge in [-0.25, -0.2) is 8.42 Å². The van der Waals surface area contributed by atoms with Gasteiger partial charge in [0.05, 0.1) is 5.92 Å². The largest absolute Gasteiger partial charge is 0.369 e. The first kappa shape index (κ1) is 18.3. The Balaban J connectivity index is 1.64. The van der Waals surface area contributed by atoms with Gasteiger partial charge < -0.3 is 10.6 Å². The summed E-state index contributed by atoms with van der Waals surface area (Å²) in [6.07, 6.45) is 2.56. The molecule has 9 heteroatoms. The molecule has 1 aromatic heterocycles. The molecule has 25 heavy (non-hydrogen) atoms. The summed E-state index contributed by atoms with van der Waals surface area (Å²) in [7, 11) is -3.52. The van der Waals surface area contributed by atoms with Gasteiger partial charge in [-0.05, 0) is 37.1 Å². The Bertz CT molecular complexity index is 725. The van der Waals surface area contributed by atoms with Crippen LogP contribution in [0.25, 0.3) is 0 Å². The molecule has 0 aromatic carbocycles. The number of nitrogens with two attached hydrogens (primary N) is 1. The first-order valence-electron chi connectivity index (χ1n) is 8.51. The normalized spacial score (nSPS) is 23.5. The van der Waals surface area contributed by atoms with E-state index in [1.165, 1.54) is 15.6 Å². The molecule has 1 unspecified atom stereocenters. The van der Waals surface area contributed by atoms with Crippen LogP contribution >= 0.6 is 11.3 Å². The molecule has 3 heterocycles. The van der Waals surface area contributed by atoms with Gasteiger partial charge in [-0.15, -0.1) is 11.3 Å². The van der Waals surface area contributed by atoms with Gasteiger partial charge in [-0.1, -0.05) is 6.07 Å². The molecule has 1 atom stereocenters. The average molecular weight is 386 g/mol. The zero-order valence-corrected chi connectivity index (χ0v) is 15.6. The van der Waals surface area contributed by atoms with Crippen molar-refractivity contribution in [2.45, 2.75) is 29.9 Å². The summed E-state index contributed by atoms with van der Waals surface area (Å²) in [6, 6.07) is 3.31. The van der Waals surface area contributed by atoms with Crippen LogP contribution in [0.3, 0.4) is 0 Å². The fourth-order valence-electron chi connectivity index (χ4n) is 3.54. The molecule has 138 valence electrons. The van der Waals surface area contributed by atoms with E-state index in [2.05, 4.69) is 0 Å². The Morgan fingerprint density at radius 1 is 1.12 bits per heavy atom. The molecular formula is C16H23N3O4S2. The van der Waals surface area contributed by atoms with Crippen molar-refractivity contribution in [2.75, 3.05) is 26.2 Å². The van der Waals surface area contributed by atoms with Crippen molar-refractivity contribution in [3.05, 3.63) is 17.5 Å². The lowest BCUT2D eigenvalue weighted by Gasteiger charge is -2.36. The van der Waals surface area contributed by atoms with Gasteiger partial charge in [0.15, 0.2) is 0 Å².